The summed E-state index contributed by atoms with van der Waals surface area (Å²) >= 11 is 5.77. The first-order chi connectivity index (χ1) is 11.9. The Balaban J connectivity index is 2.39. The molecule has 142 valence electrons. The molecule has 1 aromatic heterocycles. The van der Waals surface area contributed by atoms with E-state index in [-0.39, 0.29) is 5.75 Å². The van der Waals surface area contributed by atoms with E-state index in [2.05, 4.69) is 20.6 Å². The van der Waals surface area contributed by atoms with Gasteiger partial charge in [-0.15, -0.1) is 0 Å². The summed E-state index contributed by atoms with van der Waals surface area (Å²) < 4.78 is 24.7. The summed E-state index contributed by atoms with van der Waals surface area (Å²) in [5, 5.41) is 6.93. The van der Waals surface area contributed by atoms with Crippen molar-refractivity contribution in [3.63, 3.8) is 0 Å². The van der Waals surface area contributed by atoms with Crippen molar-refractivity contribution in [1.82, 2.24) is 19.9 Å². The number of rotatable bonds is 10. The third-order valence-corrected chi connectivity index (χ3v) is 5.67. The Morgan fingerprint density at radius 3 is 2.68 bits per heavy atom. The quantitative estimate of drug-likeness (QED) is 0.274. The lowest BCUT2D eigenvalue weighted by Crippen LogP contribution is -2.38. The molecule has 0 amide bonds. The molecule has 0 saturated heterocycles. The molecule has 0 atom stereocenters. The maximum atomic E-state index is 11.7. The maximum absolute atomic E-state index is 11.7. The Morgan fingerprint density at radius 1 is 1.32 bits per heavy atom. The van der Waals surface area contributed by atoms with Crippen LogP contribution in [0.5, 0.6) is 0 Å². The van der Waals surface area contributed by atoms with Gasteiger partial charge < -0.3 is 10.6 Å². The van der Waals surface area contributed by atoms with Crippen molar-refractivity contribution in [2.24, 2.45) is 4.99 Å². The van der Waals surface area contributed by atoms with Crippen LogP contribution < -0.4 is 10.6 Å². The van der Waals surface area contributed by atoms with Gasteiger partial charge in [-0.1, -0.05) is 17.7 Å². The van der Waals surface area contributed by atoms with Crippen LogP contribution in [0.3, 0.4) is 0 Å². The van der Waals surface area contributed by atoms with E-state index in [1.54, 1.807) is 26.2 Å². The van der Waals surface area contributed by atoms with Gasteiger partial charge >= 0.3 is 0 Å². The Kier molecular flexibility index (Phi) is 9.77. The monoisotopic (exact) mass is 389 g/mol. The molecule has 0 fully saturated rings. The molecule has 1 aromatic rings. The normalized spacial score (nSPS) is 12.4. The minimum Gasteiger partial charge on any atom is -0.357 e. The van der Waals surface area contributed by atoms with Gasteiger partial charge in [-0.2, -0.15) is 0 Å². The molecular formula is C16H28ClN5O2S. The molecule has 0 unspecified atom stereocenters. The van der Waals surface area contributed by atoms with E-state index in [0.29, 0.717) is 24.7 Å². The molecule has 9 heteroatoms. The number of guanidine groups is 1. The zero-order valence-corrected chi connectivity index (χ0v) is 16.7. The fourth-order valence-corrected chi connectivity index (χ4v) is 3.02. The first-order valence-corrected chi connectivity index (χ1v) is 10.4. The lowest BCUT2D eigenvalue weighted by Gasteiger charge is -2.15. The molecule has 0 saturated carbocycles. The maximum Gasteiger partial charge on any atom is 0.213 e. The number of hydrogen-bond donors (Lipinski definition) is 2. The zero-order chi connectivity index (χ0) is 18.7. The number of aliphatic imine (C=N–C) groups is 1. The van der Waals surface area contributed by atoms with Gasteiger partial charge in [0.05, 0.1) is 5.75 Å². The van der Waals surface area contributed by atoms with Crippen LogP contribution in [-0.4, -0.2) is 62.6 Å². The fourth-order valence-electron chi connectivity index (χ4n) is 2.07. The molecule has 0 spiro atoms. The molecule has 0 bridgehead atoms. The molecule has 0 aliphatic rings. The number of hydrogen-bond acceptors (Lipinski definition) is 4. The molecule has 2 N–H and O–H groups in total. The van der Waals surface area contributed by atoms with Gasteiger partial charge in [0.2, 0.25) is 10.0 Å². The second kappa shape index (κ2) is 11.3. The van der Waals surface area contributed by atoms with E-state index in [1.807, 2.05) is 13.0 Å². The first-order valence-electron chi connectivity index (χ1n) is 8.45. The highest BCUT2D eigenvalue weighted by atomic mass is 35.5. The smallest absolute Gasteiger partial charge is 0.213 e. The Bertz CT molecular complexity index is 634. The SMILES string of the molecule is CCNC(=NCCCN(C)S(=O)(=O)CC)NCCc1ccc(Cl)nc1. The molecule has 0 aliphatic carbocycles. The van der Waals surface area contributed by atoms with Crippen molar-refractivity contribution in [2.75, 3.05) is 39.0 Å². The van der Waals surface area contributed by atoms with E-state index in [1.165, 1.54) is 4.31 Å². The van der Waals surface area contributed by atoms with Crippen LogP contribution in [0.1, 0.15) is 25.8 Å². The van der Waals surface area contributed by atoms with Crippen LogP contribution in [0, 0.1) is 0 Å². The van der Waals surface area contributed by atoms with Crippen molar-refractivity contribution < 1.29 is 8.42 Å². The van der Waals surface area contributed by atoms with Gasteiger partial charge in [0.1, 0.15) is 5.15 Å². The highest BCUT2D eigenvalue weighted by Crippen LogP contribution is 2.05. The second-order valence-electron chi connectivity index (χ2n) is 5.50. The number of sulfonamides is 1. The molecule has 1 rings (SSSR count). The third kappa shape index (κ3) is 8.51. The van der Waals surface area contributed by atoms with E-state index < -0.39 is 10.0 Å². The predicted octanol–water partition coefficient (Wildman–Crippen LogP) is 1.50. The van der Waals surface area contributed by atoms with E-state index >= 15 is 0 Å². The zero-order valence-electron chi connectivity index (χ0n) is 15.1. The van der Waals surface area contributed by atoms with E-state index in [9.17, 15) is 8.42 Å². The number of pyridine rings is 1. The standard InChI is InChI=1S/C16H28ClN5O2S/c1-4-18-16(19-10-6-12-22(3)25(23,24)5-2)20-11-9-14-7-8-15(17)21-13-14/h7-8,13H,4-6,9-12H2,1-3H3,(H2,18,19,20). The summed E-state index contributed by atoms with van der Waals surface area (Å²) in [5.74, 6) is 0.849. The molecule has 0 radical (unpaired) electrons. The second-order valence-corrected chi connectivity index (χ2v) is 8.25. The van der Waals surface area contributed by atoms with Crippen LogP contribution >= 0.6 is 11.6 Å². The number of nitrogens with zero attached hydrogens (tertiary/aromatic N) is 3. The van der Waals surface area contributed by atoms with E-state index in [4.69, 9.17) is 11.6 Å². The molecule has 1 heterocycles. The summed E-state index contributed by atoms with van der Waals surface area (Å²) in [6.07, 6.45) is 3.25. The van der Waals surface area contributed by atoms with Crippen molar-refractivity contribution in [3.05, 3.63) is 29.0 Å². The summed E-state index contributed by atoms with van der Waals surface area (Å²) in [6.45, 7) is 6.16. The van der Waals surface area contributed by atoms with Crippen LogP contribution in [0.25, 0.3) is 0 Å². The van der Waals surface area contributed by atoms with Gasteiger partial charge in [-0.05, 0) is 38.3 Å². The summed E-state index contributed by atoms with van der Waals surface area (Å²) in [4.78, 5) is 8.53. The van der Waals surface area contributed by atoms with Gasteiger partial charge in [0.25, 0.3) is 0 Å². The minimum atomic E-state index is -3.12. The number of aromatic nitrogens is 1. The lowest BCUT2D eigenvalue weighted by atomic mass is 10.2. The summed E-state index contributed by atoms with van der Waals surface area (Å²) in [5.41, 5.74) is 1.10. The Labute approximate surface area is 155 Å². The topological polar surface area (TPSA) is 86.7 Å². The van der Waals surface area contributed by atoms with Gasteiger partial charge in [-0.3, -0.25) is 4.99 Å². The van der Waals surface area contributed by atoms with E-state index in [0.717, 1.165) is 31.0 Å². The van der Waals surface area contributed by atoms with Crippen LogP contribution in [-0.2, 0) is 16.4 Å². The fraction of sp³-hybridized carbons (Fsp3) is 0.625. The highest BCUT2D eigenvalue weighted by Gasteiger charge is 2.13. The average Bonchev–Trinajstić information content (AvgIpc) is 2.60. The van der Waals surface area contributed by atoms with Crippen LogP contribution in [0.15, 0.2) is 23.3 Å². The van der Waals surface area contributed by atoms with Crippen molar-refractivity contribution in [1.29, 1.82) is 0 Å². The van der Waals surface area contributed by atoms with Gasteiger partial charge in [-0.25, -0.2) is 17.7 Å². The first kappa shape index (κ1) is 21.7. The molecular weight excluding hydrogens is 362 g/mol. The Hall–Kier alpha value is -1.38. The summed E-state index contributed by atoms with van der Waals surface area (Å²) in [6, 6.07) is 3.72. The third-order valence-electron chi connectivity index (χ3n) is 3.58. The van der Waals surface area contributed by atoms with Crippen molar-refractivity contribution in [2.45, 2.75) is 26.7 Å². The average molecular weight is 390 g/mol. The van der Waals surface area contributed by atoms with Gasteiger partial charge in [0, 0.05) is 39.4 Å². The van der Waals surface area contributed by atoms with Crippen LogP contribution in [0.4, 0.5) is 0 Å². The predicted molar refractivity (Wildman–Crippen MR) is 104 cm³/mol. The minimum absolute atomic E-state index is 0.122. The number of halogens is 1. The van der Waals surface area contributed by atoms with Crippen molar-refractivity contribution >= 4 is 27.6 Å². The Morgan fingerprint density at radius 2 is 2.08 bits per heavy atom. The molecule has 25 heavy (non-hydrogen) atoms. The largest absolute Gasteiger partial charge is 0.357 e. The molecule has 0 aromatic carbocycles. The molecule has 0 aliphatic heterocycles. The highest BCUT2D eigenvalue weighted by molar-refractivity contribution is 7.89. The lowest BCUT2D eigenvalue weighted by molar-refractivity contribution is 0.465. The number of nitrogens with one attached hydrogen (secondary N) is 2. The van der Waals surface area contributed by atoms with Crippen LogP contribution in [0.2, 0.25) is 5.15 Å². The van der Waals surface area contributed by atoms with Crippen molar-refractivity contribution in [3.8, 4) is 0 Å². The molecule has 7 nitrogen and oxygen atoms in total. The van der Waals surface area contributed by atoms with Gasteiger partial charge in [0.15, 0.2) is 5.96 Å². The summed E-state index contributed by atoms with van der Waals surface area (Å²) in [7, 11) is -1.52.